The number of amides is 1. The molecule has 222 valence electrons. The van der Waals surface area contributed by atoms with Gasteiger partial charge in [0, 0.05) is 24.3 Å². The molecular weight excluding hydrogens is 570 g/mol. The van der Waals surface area contributed by atoms with E-state index in [1.54, 1.807) is 0 Å². The van der Waals surface area contributed by atoms with Gasteiger partial charge in [0.05, 0.1) is 30.1 Å². The molecule has 2 aromatic carbocycles. The van der Waals surface area contributed by atoms with Crippen LogP contribution < -0.4 is 20.7 Å². The van der Waals surface area contributed by atoms with E-state index in [4.69, 9.17) is 4.74 Å². The number of nitrogens with one attached hydrogen (secondary N) is 3. The molecule has 4 aromatic rings. The molecule has 0 saturated heterocycles. The van der Waals surface area contributed by atoms with Gasteiger partial charge in [0.2, 0.25) is 5.95 Å². The van der Waals surface area contributed by atoms with Crippen molar-refractivity contribution in [2.24, 2.45) is 0 Å². The van der Waals surface area contributed by atoms with Crippen LogP contribution in [0.1, 0.15) is 21.5 Å². The highest BCUT2D eigenvalue weighted by atomic mass is 19.4. The predicted molar refractivity (Wildman–Crippen MR) is 143 cm³/mol. The Morgan fingerprint density at radius 3 is 2.36 bits per heavy atom. The fraction of sp³-hybridized carbons (Fsp3) is 0.269. The van der Waals surface area contributed by atoms with Gasteiger partial charge in [-0.1, -0.05) is 0 Å². The summed E-state index contributed by atoms with van der Waals surface area (Å²) in [5.41, 5.74) is -2.95. The zero-order valence-electron chi connectivity index (χ0n) is 22.4. The van der Waals surface area contributed by atoms with Gasteiger partial charge < -0.3 is 25.6 Å². The van der Waals surface area contributed by atoms with Gasteiger partial charge in [-0.25, -0.2) is 19.9 Å². The molecule has 42 heavy (non-hydrogen) atoms. The highest BCUT2D eigenvalue weighted by molar-refractivity contribution is 6.05. The molecule has 0 fully saturated rings. The van der Waals surface area contributed by atoms with Gasteiger partial charge in [-0.2, -0.15) is 26.3 Å². The van der Waals surface area contributed by atoms with Crippen LogP contribution in [0.25, 0.3) is 11.0 Å². The van der Waals surface area contributed by atoms with Crippen molar-refractivity contribution in [3.05, 3.63) is 65.6 Å². The minimum absolute atomic E-state index is 0.0916. The lowest BCUT2D eigenvalue weighted by Crippen LogP contribution is -2.21. The van der Waals surface area contributed by atoms with Crippen molar-refractivity contribution in [1.82, 2.24) is 24.8 Å². The molecule has 16 heteroatoms. The lowest BCUT2D eigenvalue weighted by molar-refractivity contribution is -0.139. The van der Waals surface area contributed by atoms with E-state index >= 15 is 0 Å². The summed E-state index contributed by atoms with van der Waals surface area (Å²) in [7, 11) is 4.82. The maximum absolute atomic E-state index is 13.9. The molecule has 3 N–H and O–H groups in total. The molecule has 0 radical (unpaired) electrons. The largest absolute Gasteiger partial charge is 0.496 e. The third-order valence-corrected chi connectivity index (χ3v) is 5.82. The number of halogens is 6. The third-order valence-electron chi connectivity index (χ3n) is 5.82. The molecule has 0 bridgehead atoms. The Kier molecular flexibility index (Phi) is 8.65. The number of hydrogen-bond acceptors (Lipinski definition) is 9. The van der Waals surface area contributed by atoms with Crippen LogP contribution in [0.5, 0.6) is 5.75 Å². The summed E-state index contributed by atoms with van der Waals surface area (Å²) < 4.78 is 86.6. The van der Waals surface area contributed by atoms with E-state index in [1.807, 2.05) is 19.0 Å². The number of anilines is 4. The van der Waals surface area contributed by atoms with E-state index in [-0.39, 0.29) is 34.1 Å². The van der Waals surface area contributed by atoms with E-state index in [0.717, 1.165) is 31.6 Å². The Bertz CT molecular complexity index is 1590. The second-order valence-electron chi connectivity index (χ2n) is 9.13. The molecular formula is C26H24F6N8O2. The maximum Gasteiger partial charge on any atom is 0.420 e. The Morgan fingerprint density at radius 1 is 0.952 bits per heavy atom. The van der Waals surface area contributed by atoms with Crippen molar-refractivity contribution in [3.63, 3.8) is 0 Å². The van der Waals surface area contributed by atoms with Crippen molar-refractivity contribution >= 4 is 40.1 Å². The fourth-order valence-electron chi connectivity index (χ4n) is 3.80. The topological polar surface area (TPSA) is 117 Å². The van der Waals surface area contributed by atoms with Crippen LogP contribution in [0.15, 0.2) is 48.9 Å². The van der Waals surface area contributed by atoms with Crippen LogP contribution in [0, 0.1) is 0 Å². The van der Waals surface area contributed by atoms with E-state index in [9.17, 15) is 31.1 Å². The Balaban J connectivity index is 1.67. The van der Waals surface area contributed by atoms with Gasteiger partial charge in [-0.3, -0.25) is 4.79 Å². The average molecular weight is 595 g/mol. The number of alkyl halides is 6. The summed E-state index contributed by atoms with van der Waals surface area (Å²) in [5.74, 6) is -1.30. The van der Waals surface area contributed by atoms with Gasteiger partial charge >= 0.3 is 12.4 Å². The number of hydrogen-bond donors (Lipinski definition) is 3. The van der Waals surface area contributed by atoms with Gasteiger partial charge in [0.15, 0.2) is 5.82 Å². The van der Waals surface area contributed by atoms with Crippen LogP contribution in [-0.4, -0.2) is 65.0 Å². The Labute approximate surface area is 235 Å². The van der Waals surface area contributed by atoms with E-state index in [2.05, 4.69) is 35.9 Å². The lowest BCUT2D eigenvalue weighted by Gasteiger charge is -2.17. The standard InChI is InChI=1S/C26H24F6N8O2/c1-40(2)9-8-33-24-34-12-19-21(39-24)22(36-13-35-19)38-18-10-14(4-6-16(18)25(27,28)29)23(41)37-15-5-7-20(42-3)17(11-15)26(30,31)32/h4-7,10-13H,8-9H2,1-3H3,(H,37,41)(H,33,34,39)(H,35,36,38). The number of fused-ring (bicyclic) bond motifs is 1. The summed E-state index contributed by atoms with van der Waals surface area (Å²) in [6.45, 7) is 1.15. The molecule has 0 aliphatic rings. The zero-order chi connectivity index (χ0) is 30.7. The van der Waals surface area contributed by atoms with Crippen LogP contribution in [0.3, 0.4) is 0 Å². The number of carbonyl (C=O) groups excluding carboxylic acids is 1. The van der Waals surface area contributed by atoms with Crippen LogP contribution in [0.4, 0.5) is 49.5 Å². The SMILES string of the molecule is COc1ccc(NC(=O)c2ccc(C(F)(F)F)c(Nc3ncnc4cnc(NCCN(C)C)nc34)c2)cc1C(F)(F)F. The predicted octanol–water partition coefficient (Wildman–Crippen LogP) is 5.44. The Hall–Kier alpha value is -4.73. The highest BCUT2D eigenvalue weighted by Crippen LogP contribution is 2.39. The monoisotopic (exact) mass is 594 g/mol. The van der Waals surface area contributed by atoms with Crippen molar-refractivity contribution in [2.75, 3.05) is 50.2 Å². The molecule has 0 atom stereocenters. The maximum atomic E-state index is 13.9. The normalized spacial score (nSPS) is 12.0. The quantitative estimate of drug-likeness (QED) is 0.218. The number of methoxy groups -OCH3 is 1. The van der Waals surface area contributed by atoms with E-state index < -0.39 is 40.8 Å². The molecule has 0 aliphatic carbocycles. The summed E-state index contributed by atoms with van der Waals surface area (Å²) in [5, 5.41) is 7.86. The summed E-state index contributed by atoms with van der Waals surface area (Å²) >= 11 is 0. The number of rotatable bonds is 9. The van der Waals surface area contributed by atoms with Gasteiger partial charge in [0.25, 0.3) is 5.91 Å². The minimum Gasteiger partial charge on any atom is -0.496 e. The molecule has 0 saturated carbocycles. The second-order valence-corrected chi connectivity index (χ2v) is 9.13. The molecule has 1 amide bonds. The van der Waals surface area contributed by atoms with Crippen molar-refractivity contribution in [3.8, 4) is 5.75 Å². The summed E-state index contributed by atoms with van der Waals surface area (Å²) in [6, 6.07) is 5.36. The first kappa shape index (κ1) is 30.2. The van der Waals surface area contributed by atoms with Gasteiger partial charge in [0.1, 0.15) is 23.1 Å². The number of benzene rings is 2. The molecule has 2 aromatic heterocycles. The molecule has 0 aliphatic heterocycles. The lowest BCUT2D eigenvalue weighted by atomic mass is 10.1. The van der Waals surface area contributed by atoms with Gasteiger partial charge in [-0.15, -0.1) is 0 Å². The molecule has 10 nitrogen and oxygen atoms in total. The Morgan fingerprint density at radius 2 is 1.69 bits per heavy atom. The third kappa shape index (κ3) is 7.12. The van der Waals surface area contributed by atoms with Crippen molar-refractivity contribution in [1.29, 1.82) is 0 Å². The number of aromatic nitrogens is 4. The van der Waals surface area contributed by atoms with Crippen LogP contribution in [0.2, 0.25) is 0 Å². The van der Waals surface area contributed by atoms with E-state index in [0.29, 0.717) is 25.2 Å². The molecule has 4 rings (SSSR count). The number of likely N-dealkylation sites (N-methyl/N-ethyl adjacent to an activating group) is 1. The smallest absolute Gasteiger partial charge is 0.420 e. The highest BCUT2D eigenvalue weighted by Gasteiger charge is 2.36. The molecule has 0 unspecified atom stereocenters. The second kappa shape index (κ2) is 12.0. The minimum atomic E-state index is -4.83. The van der Waals surface area contributed by atoms with Gasteiger partial charge in [-0.05, 0) is 50.5 Å². The summed E-state index contributed by atoms with van der Waals surface area (Å²) in [6.07, 6.45) is -7.11. The summed E-state index contributed by atoms with van der Waals surface area (Å²) in [4.78, 5) is 31.4. The number of carbonyl (C=O) groups is 1. The van der Waals surface area contributed by atoms with E-state index in [1.165, 1.54) is 12.3 Å². The van der Waals surface area contributed by atoms with Crippen LogP contribution >= 0.6 is 0 Å². The zero-order valence-corrected chi connectivity index (χ0v) is 22.4. The first-order chi connectivity index (χ1) is 19.8. The number of nitrogens with zero attached hydrogens (tertiary/aromatic N) is 5. The first-order valence-corrected chi connectivity index (χ1v) is 12.2. The average Bonchev–Trinajstić information content (AvgIpc) is 2.92. The van der Waals surface area contributed by atoms with Crippen LogP contribution in [-0.2, 0) is 12.4 Å². The molecule has 2 heterocycles. The fourth-order valence-corrected chi connectivity index (χ4v) is 3.80. The number of ether oxygens (including phenoxy) is 1. The van der Waals surface area contributed by atoms with Crippen molar-refractivity contribution in [2.45, 2.75) is 12.4 Å². The van der Waals surface area contributed by atoms with Crippen molar-refractivity contribution < 1.29 is 35.9 Å². The first-order valence-electron chi connectivity index (χ1n) is 12.2. The molecule has 0 spiro atoms.